The third-order valence-electron chi connectivity index (χ3n) is 3.80. The van der Waals surface area contributed by atoms with Gasteiger partial charge in [-0.2, -0.15) is 0 Å². The van der Waals surface area contributed by atoms with Gasteiger partial charge in [0, 0.05) is 17.9 Å². The molecule has 0 saturated carbocycles. The number of thioether (sulfide) groups is 1. The molecule has 0 saturated heterocycles. The fourth-order valence-corrected chi connectivity index (χ4v) is 3.32. The Kier molecular flexibility index (Phi) is 5.36. The zero-order valence-corrected chi connectivity index (χ0v) is 14.8. The molecule has 9 heteroatoms. The second-order valence-corrected chi connectivity index (χ2v) is 6.87. The number of H-pyrrole nitrogens is 1. The van der Waals surface area contributed by atoms with Gasteiger partial charge in [0.15, 0.2) is 5.16 Å². The second kappa shape index (κ2) is 7.69. The number of rotatable bonds is 5. The van der Waals surface area contributed by atoms with E-state index < -0.39 is 23.2 Å². The highest BCUT2D eigenvalue weighted by atomic mass is 32.2. The van der Waals surface area contributed by atoms with Crippen molar-refractivity contribution >= 4 is 35.1 Å². The number of hydrogen-bond acceptors (Lipinski definition) is 5. The van der Waals surface area contributed by atoms with E-state index in [-0.39, 0.29) is 23.7 Å². The maximum atomic E-state index is 13.0. The highest BCUT2D eigenvalue weighted by molar-refractivity contribution is 7.99. The molecule has 1 aliphatic heterocycles. The molecule has 3 rings (SSSR count). The van der Waals surface area contributed by atoms with Crippen LogP contribution in [0.5, 0.6) is 0 Å². The average molecular weight is 376 g/mol. The summed E-state index contributed by atoms with van der Waals surface area (Å²) >= 11 is 1.37. The molecule has 136 valence electrons. The highest BCUT2D eigenvalue weighted by Gasteiger charge is 2.34. The summed E-state index contributed by atoms with van der Waals surface area (Å²) in [5.41, 5.74) is 0.0568. The van der Waals surface area contributed by atoms with Crippen molar-refractivity contribution in [1.82, 2.24) is 9.97 Å². The van der Waals surface area contributed by atoms with Crippen LogP contribution in [0.15, 0.2) is 34.2 Å². The minimum absolute atomic E-state index is 0.114. The molecule has 26 heavy (non-hydrogen) atoms. The average Bonchev–Trinajstić information content (AvgIpc) is 2.60. The summed E-state index contributed by atoms with van der Waals surface area (Å²) in [6.07, 6.45) is 0.743. The number of hydrogen-bond donors (Lipinski definition) is 3. The maximum absolute atomic E-state index is 13.0. The van der Waals surface area contributed by atoms with E-state index in [1.54, 1.807) is 0 Å². The monoisotopic (exact) mass is 376 g/mol. The van der Waals surface area contributed by atoms with E-state index in [2.05, 4.69) is 20.6 Å². The third kappa shape index (κ3) is 3.93. The van der Waals surface area contributed by atoms with Gasteiger partial charge in [0.2, 0.25) is 11.8 Å². The maximum Gasteiger partial charge on any atom is 0.257 e. The topological polar surface area (TPSA) is 104 Å². The van der Waals surface area contributed by atoms with Gasteiger partial charge in [-0.25, -0.2) is 9.37 Å². The fraction of sp³-hybridized carbons (Fsp3) is 0.294. The number of amides is 2. The molecule has 1 aromatic carbocycles. The molecule has 2 amide bonds. The van der Waals surface area contributed by atoms with Crippen LogP contribution >= 0.6 is 11.8 Å². The van der Waals surface area contributed by atoms with Crippen LogP contribution in [0.2, 0.25) is 0 Å². The number of halogens is 1. The number of carbonyl (C=O) groups is 2. The van der Waals surface area contributed by atoms with Crippen LogP contribution in [0.1, 0.15) is 31.2 Å². The quantitative estimate of drug-likeness (QED) is 0.549. The molecular formula is C17H17FN4O3S. The van der Waals surface area contributed by atoms with E-state index in [4.69, 9.17) is 0 Å². The summed E-state index contributed by atoms with van der Waals surface area (Å²) in [4.78, 5) is 44.0. The van der Waals surface area contributed by atoms with Gasteiger partial charge in [-0.1, -0.05) is 18.7 Å². The van der Waals surface area contributed by atoms with Crippen LogP contribution in [0.3, 0.4) is 0 Å². The third-order valence-corrected chi connectivity index (χ3v) is 4.88. The van der Waals surface area contributed by atoms with Gasteiger partial charge >= 0.3 is 0 Å². The molecule has 7 nitrogen and oxygen atoms in total. The number of aromatic amines is 1. The molecule has 1 atom stereocenters. The molecular weight excluding hydrogens is 359 g/mol. The number of benzene rings is 1. The first kappa shape index (κ1) is 18.1. The van der Waals surface area contributed by atoms with Gasteiger partial charge < -0.3 is 15.6 Å². The Morgan fingerprint density at radius 2 is 2.08 bits per heavy atom. The van der Waals surface area contributed by atoms with Crippen molar-refractivity contribution in [3.63, 3.8) is 0 Å². The minimum Gasteiger partial charge on any atom is -0.326 e. The normalized spacial score (nSPS) is 15.9. The predicted molar refractivity (Wildman–Crippen MR) is 96.9 cm³/mol. The summed E-state index contributed by atoms with van der Waals surface area (Å²) in [7, 11) is 0. The standard InChI is InChI=1S/C17H17FN4O3S/c1-2-7-26-17-21-14-13(16(25)22-17)11(8-12(23)20-14)15(24)19-10-5-3-9(18)4-6-10/h3-6,11H,2,7-8H2,1H3,(H,19,24)(H2,20,21,22,23,25). The summed E-state index contributed by atoms with van der Waals surface area (Å²) in [5.74, 6) is -1.42. The van der Waals surface area contributed by atoms with E-state index in [0.717, 1.165) is 12.2 Å². The first-order valence-corrected chi connectivity index (χ1v) is 9.09. The van der Waals surface area contributed by atoms with Crippen molar-refractivity contribution in [1.29, 1.82) is 0 Å². The van der Waals surface area contributed by atoms with E-state index in [1.807, 2.05) is 6.92 Å². The number of fused-ring (bicyclic) bond motifs is 1. The van der Waals surface area contributed by atoms with Gasteiger partial charge in [0.1, 0.15) is 11.6 Å². The van der Waals surface area contributed by atoms with Crippen LogP contribution in [-0.4, -0.2) is 27.5 Å². The van der Waals surface area contributed by atoms with Crippen molar-refractivity contribution in [2.75, 3.05) is 16.4 Å². The lowest BCUT2D eigenvalue weighted by molar-refractivity contribution is -0.123. The van der Waals surface area contributed by atoms with Crippen molar-refractivity contribution in [2.45, 2.75) is 30.8 Å². The number of aromatic nitrogens is 2. The Morgan fingerprint density at radius 1 is 1.35 bits per heavy atom. The summed E-state index contributed by atoms with van der Waals surface area (Å²) < 4.78 is 13.0. The van der Waals surface area contributed by atoms with Gasteiger partial charge in [0.25, 0.3) is 5.56 Å². The van der Waals surface area contributed by atoms with Gasteiger partial charge in [-0.3, -0.25) is 14.4 Å². The van der Waals surface area contributed by atoms with Gasteiger partial charge in [0.05, 0.1) is 11.5 Å². The van der Waals surface area contributed by atoms with Crippen molar-refractivity contribution in [3.05, 3.63) is 46.0 Å². The molecule has 0 fully saturated rings. The van der Waals surface area contributed by atoms with Crippen molar-refractivity contribution in [3.8, 4) is 0 Å². The minimum atomic E-state index is -0.967. The molecule has 0 aliphatic carbocycles. The lowest BCUT2D eigenvalue weighted by Crippen LogP contribution is -2.36. The van der Waals surface area contributed by atoms with E-state index in [0.29, 0.717) is 10.8 Å². The lowest BCUT2D eigenvalue weighted by Gasteiger charge is -2.23. The molecule has 0 radical (unpaired) electrons. The van der Waals surface area contributed by atoms with Crippen LogP contribution < -0.4 is 16.2 Å². The molecule has 0 spiro atoms. The van der Waals surface area contributed by atoms with Crippen molar-refractivity contribution in [2.24, 2.45) is 0 Å². The molecule has 1 aliphatic rings. The predicted octanol–water partition coefficient (Wildman–Crippen LogP) is 2.48. The van der Waals surface area contributed by atoms with Crippen LogP contribution in [0, 0.1) is 5.82 Å². The van der Waals surface area contributed by atoms with E-state index in [1.165, 1.54) is 36.0 Å². The van der Waals surface area contributed by atoms with E-state index in [9.17, 15) is 18.8 Å². The SMILES string of the molecule is CCCSc1nc2c(c(=O)[nH]1)C(C(=O)Nc1ccc(F)cc1)CC(=O)N2. The lowest BCUT2D eigenvalue weighted by atomic mass is 9.92. The smallest absolute Gasteiger partial charge is 0.257 e. The molecule has 2 aromatic rings. The fourth-order valence-electron chi connectivity index (χ4n) is 2.60. The largest absolute Gasteiger partial charge is 0.326 e. The second-order valence-electron chi connectivity index (χ2n) is 5.78. The Bertz CT molecular complexity index is 898. The summed E-state index contributed by atoms with van der Waals surface area (Å²) in [6.45, 7) is 2.00. The number of nitrogens with one attached hydrogen (secondary N) is 3. The summed E-state index contributed by atoms with van der Waals surface area (Å²) in [5, 5.41) is 5.56. The molecule has 2 heterocycles. The Morgan fingerprint density at radius 3 is 2.77 bits per heavy atom. The molecule has 1 unspecified atom stereocenters. The van der Waals surface area contributed by atoms with Crippen molar-refractivity contribution < 1.29 is 14.0 Å². The first-order valence-electron chi connectivity index (χ1n) is 8.11. The Labute approximate surface area is 152 Å². The number of anilines is 2. The first-order chi connectivity index (χ1) is 12.5. The molecule has 3 N–H and O–H groups in total. The van der Waals surface area contributed by atoms with Gasteiger partial charge in [-0.15, -0.1) is 0 Å². The summed E-state index contributed by atoms with van der Waals surface area (Å²) in [6, 6.07) is 5.24. The number of carbonyl (C=O) groups excluding carboxylic acids is 2. The molecule has 0 bridgehead atoms. The van der Waals surface area contributed by atoms with Gasteiger partial charge in [-0.05, 0) is 30.7 Å². The van der Waals surface area contributed by atoms with Crippen LogP contribution in [0.4, 0.5) is 15.9 Å². The zero-order valence-electron chi connectivity index (χ0n) is 14.0. The molecule has 1 aromatic heterocycles. The number of nitrogens with zero attached hydrogens (tertiary/aromatic N) is 1. The van der Waals surface area contributed by atoms with E-state index >= 15 is 0 Å². The van der Waals surface area contributed by atoms with Crippen LogP contribution in [0.25, 0.3) is 0 Å². The Balaban J connectivity index is 1.90. The highest BCUT2D eigenvalue weighted by Crippen LogP contribution is 2.30. The zero-order chi connectivity index (χ0) is 18.7. The van der Waals surface area contributed by atoms with Crippen LogP contribution in [-0.2, 0) is 9.59 Å². The Hall–Kier alpha value is -2.68.